The van der Waals surface area contributed by atoms with Crippen LogP contribution in [0.2, 0.25) is 0 Å². The number of nitrogens with one attached hydrogen (secondary N) is 1. The average molecular weight is 392 g/mol. The third kappa shape index (κ3) is 9.19. The van der Waals surface area contributed by atoms with Gasteiger partial charge in [0.25, 0.3) is 0 Å². The molecule has 28 heavy (non-hydrogen) atoms. The molecule has 1 aliphatic heterocycles. The summed E-state index contributed by atoms with van der Waals surface area (Å²) >= 11 is 0. The first kappa shape index (κ1) is 22.2. The van der Waals surface area contributed by atoms with Crippen molar-refractivity contribution in [1.82, 2.24) is 10.2 Å². The number of hydrogen-bond acceptors (Lipinski definition) is 6. The topological polar surface area (TPSA) is 77.1 Å². The van der Waals surface area contributed by atoms with Gasteiger partial charge in [0.2, 0.25) is 0 Å². The normalized spacial score (nSPS) is 16.2. The van der Waals surface area contributed by atoms with Gasteiger partial charge < -0.3 is 19.5 Å². The van der Waals surface area contributed by atoms with E-state index in [1.54, 1.807) is 0 Å². The minimum absolute atomic E-state index is 0.200. The number of hydrogen-bond donors (Lipinski definition) is 1. The van der Waals surface area contributed by atoms with Crippen molar-refractivity contribution in [2.24, 2.45) is 0 Å². The van der Waals surface area contributed by atoms with Crippen molar-refractivity contribution < 1.29 is 23.8 Å². The predicted octanol–water partition coefficient (Wildman–Crippen LogP) is 2.74. The maximum absolute atomic E-state index is 12.2. The molecule has 0 aliphatic carbocycles. The SMILES string of the molecule is CC(C)(C)OC(=O)CC[C@@H](CN1CCOCC1)NC(=O)OCc1ccccc1. The van der Waals surface area contributed by atoms with E-state index in [0.29, 0.717) is 26.2 Å². The summed E-state index contributed by atoms with van der Waals surface area (Å²) in [4.78, 5) is 26.5. The van der Waals surface area contributed by atoms with Crippen molar-refractivity contribution in [2.75, 3.05) is 32.8 Å². The Morgan fingerprint density at radius 2 is 1.86 bits per heavy atom. The fourth-order valence-corrected chi connectivity index (χ4v) is 2.92. The minimum Gasteiger partial charge on any atom is -0.460 e. The van der Waals surface area contributed by atoms with Gasteiger partial charge in [0, 0.05) is 32.1 Å². The van der Waals surface area contributed by atoms with Crippen molar-refractivity contribution in [2.45, 2.75) is 51.9 Å². The molecule has 1 N–H and O–H groups in total. The van der Waals surface area contributed by atoms with Crippen molar-refractivity contribution in [3.8, 4) is 0 Å². The van der Waals surface area contributed by atoms with E-state index in [2.05, 4.69) is 10.2 Å². The molecule has 1 heterocycles. The maximum atomic E-state index is 12.2. The second-order valence-corrected chi connectivity index (χ2v) is 7.94. The van der Waals surface area contributed by atoms with Crippen LogP contribution in [0.3, 0.4) is 0 Å². The van der Waals surface area contributed by atoms with E-state index in [1.165, 1.54) is 0 Å². The second kappa shape index (κ2) is 11.0. The summed E-state index contributed by atoms with van der Waals surface area (Å²) in [6, 6.07) is 9.33. The Hall–Kier alpha value is -2.12. The van der Waals surface area contributed by atoms with Crippen LogP contribution in [0.15, 0.2) is 30.3 Å². The fraction of sp³-hybridized carbons (Fsp3) is 0.619. The van der Waals surface area contributed by atoms with Gasteiger partial charge in [0.1, 0.15) is 12.2 Å². The van der Waals surface area contributed by atoms with Crippen LogP contribution in [-0.4, -0.2) is 61.5 Å². The first-order valence-corrected chi connectivity index (χ1v) is 9.81. The minimum atomic E-state index is -0.515. The zero-order valence-corrected chi connectivity index (χ0v) is 17.1. The van der Waals surface area contributed by atoms with E-state index in [1.807, 2.05) is 51.1 Å². The lowest BCUT2D eigenvalue weighted by Gasteiger charge is -2.30. The highest BCUT2D eigenvalue weighted by atomic mass is 16.6. The largest absolute Gasteiger partial charge is 0.460 e. The lowest BCUT2D eigenvalue weighted by molar-refractivity contribution is -0.155. The molecule has 1 fully saturated rings. The summed E-state index contributed by atoms with van der Waals surface area (Å²) in [5.41, 5.74) is 0.412. The molecule has 1 aliphatic rings. The van der Waals surface area contributed by atoms with Gasteiger partial charge >= 0.3 is 12.1 Å². The highest BCUT2D eigenvalue weighted by Gasteiger charge is 2.22. The first-order chi connectivity index (χ1) is 13.3. The van der Waals surface area contributed by atoms with E-state index in [-0.39, 0.29) is 25.0 Å². The van der Waals surface area contributed by atoms with Crippen LogP contribution < -0.4 is 5.32 Å². The van der Waals surface area contributed by atoms with E-state index < -0.39 is 11.7 Å². The molecule has 7 nitrogen and oxygen atoms in total. The summed E-state index contributed by atoms with van der Waals surface area (Å²) in [6.45, 7) is 9.36. The van der Waals surface area contributed by atoms with Crippen LogP contribution in [0.4, 0.5) is 4.79 Å². The van der Waals surface area contributed by atoms with Crippen LogP contribution in [-0.2, 0) is 25.6 Å². The number of nitrogens with zero attached hydrogens (tertiary/aromatic N) is 1. The Kier molecular flexibility index (Phi) is 8.73. The van der Waals surface area contributed by atoms with Crippen molar-refractivity contribution in [1.29, 1.82) is 0 Å². The van der Waals surface area contributed by atoms with Crippen LogP contribution in [0.5, 0.6) is 0 Å². The average Bonchev–Trinajstić information content (AvgIpc) is 2.65. The number of benzene rings is 1. The third-order valence-electron chi connectivity index (χ3n) is 4.23. The highest BCUT2D eigenvalue weighted by Crippen LogP contribution is 2.11. The molecule has 156 valence electrons. The van der Waals surface area contributed by atoms with E-state index >= 15 is 0 Å². The molecule has 0 spiro atoms. The fourth-order valence-electron chi connectivity index (χ4n) is 2.92. The number of amides is 1. The lowest BCUT2D eigenvalue weighted by atomic mass is 10.1. The lowest BCUT2D eigenvalue weighted by Crippen LogP contribution is -2.47. The Morgan fingerprint density at radius 3 is 2.50 bits per heavy atom. The van der Waals surface area contributed by atoms with Gasteiger partial charge in [-0.25, -0.2) is 4.79 Å². The zero-order chi connectivity index (χ0) is 20.4. The summed E-state index contributed by atoms with van der Waals surface area (Å²) in [6.07, 6.45) is 0.254. The van der Waals surface area contributed by atoms with Gasteiger partial charge in [0.05, 0.1) is 13.2 Å². The Morgan fingerprint density at radius 1 is 1.18 bits per heavy atom. The van der Waals surface area contributed by atoms with Gasteiger partial charge in [-0.15, -0.1) is 0 Å². The van der Waals surface area contributed by atoms with Crippen molar-refractivity contribution in [3.05, 3.63) is 35.9 Å². The number of rotatable bonds is 8. The van der Waals surface area contributed by atoms with Crippen LogP contribution in [0.1, 0.15) is 39.2 Å². The molecule has 0 saturated carbocycles. The molecule has 0 unspecified atom stereocenters. The monoisotopic (exact) mass is 392 g/mol. The summed E-state index contributed by atoms with van der Waals surface area (Å²) in [5.74, 6) is -0.265. The van der Waals surface area contributed by atoms with Gasteiger partial charge in [-0.3, -0.25) is 9.69 Å². The van der Waals surface area contributed by atoms with Crippen molar-refractivity contribution in [3.63, 3.8) is 0 Å². The third-order valence-corrected chi connectivity index (χ3v) is 4.23. The molecule has 1 aromatic rings. The molecule has 7 heteroatoms. The Balaban J connectivity index is 1.85. The van der Waals surface area contributed by atoms with Crippen LogP contribution in [0.25, 0.3) is 0 Å². The van der Waals surface area contributed by atoms with Gasteiger partial charge in [-0.2, -0.15) is 0 Å². The number of esters is 1. The molecule has 1 amide bonds. The maximum Gasteiger partial charge on any atom is 0.407 e. The Labute approximate surface area is 167 Å². The molecule has 0 radical (unpaired) electrons. The molecule has 0 aromatic heterocycles. The second-order valence-electron chi connectivity index (χ2n) is 7.94. The van der Waals surface area contributed by atoms with Crippen LogP contribution >= 0.6 is 0 Å². The Bertz CT molecular complexity index is 609. The quantitative estimate of drug-likeness (QED) is 0.686. The smallest absolute Gasteiger partial charge is 0.407 e. The number of ether oxygens (including phenoxy) is 3. The summed E-state index contributed by atoms with van der Waals surface area (Å²) in [5, 5.41) is 2.90. The number of morpholine rings is 1. The van der Waals surface area contributed by atoms with Crippen LogP contribution in [0, 0.1) is 0 Å². The number of carbonyl (C=O) groups is 2. The number of carbonyl (C=O) groups excluding carboxylic acids is 2. The molecule has 1 saturated heterocycles. The van der Waals surface area contributed by atoms with Gasteiger partial charge in [-0.1, -0.05) is 30.3 Å². The molecular weight excluding hydrogens is 360 g/mol. The van der Waals surface area contributed by atoms with E-state index in [0.717, 1.165) is 18.7 Å². The van der Waals surface area contributed by atoms with Crippen molar-refractivity contribution >= 4 is 12.1 Å². The molecular formula is C21H32N2O5. The van der Waals surface area contributed by atoms with E-state index in [9.17, 15) is 9.59 Å². The van der Waals surface area contributed by atoms with Gasteiger partial charge in [-0.05, 0) is 32.8 Å². The molecule has 1 atom stereocenters. The molecule has 1 aromatic carbocycles. The highest BCUT2D eigenvalue weighted by molar-refractivity contribution is 5.70. The predicted molar refractivity (Wildman–Crippen MR) is 106 cm³/mol. The number of alkyl carbamates (subject to hydrolysis) is 1. The summed E-state index contributed by atoms with van der Waals surface area (Å²) in [7, 11) is 0. The summed E-state index contributed by atoms with van der Waals surface area (Å²) < 4.78 is 16.1. The first-order valence-electron chi connectivity index (χ1n) is 9.81. The standard InChI is InChI=1S/C21H32N2O5/c1-21(2,3)28-19(24)10-9-18(15-23-11-13-26-14-12-23)22-20(25)27-16-17-7-5-4-6-8-17/h4-8,18H,9-16H2,1-3H3,(H,22,25)/t18-/m0/s1. The zero-order valence-electron chi connectivity index (χ0n) is 17.1. The van der Waals surface area contributed by atoms with Gasteiger partial charge in [0.15, 0.2) is 0 Å². The van der Waals surface area contributed by atoms with E-state index in [4.69, 9.17) is 14.2 Å². The molecule has 0 bridgehead atoms. The molecule has 2 rings (SSSR count).